The lowest BCUT2D eigenvalue weighted by Crippen LogP contribution is -2.41. The quantitative estimate of drug-likeness (QED) is 0.476. The summed E-state index contributed by atoms with van der Waals surface area (Å²) in [6, 6.07) is 18.4. The molecule has 0 spiro atoms. The predicted octanol–water partition coefficient (Wildman–Crippen LogP) is 5.19. The van der Waals surface area contributed by atoms with Gasteiger partial charge in [-0.15, -0.1) is 0 Å². The molecule has 1 aliphatic rings. The number of aliphatic carboxylic acids is 1. The second-order valence-electron chi connectivity index (χ2n) is 9.73. The summed E-state index contributed by atoms with van der Waals surface area (Å²) in [4.78, 5) is 26.8. The first-order chi connectivity index (χ1) is 17.1. The number of nitrogens with zero attached hydrogens (tertiary/aromatic N) is 1. The molecule has 36 heavy (non-hydrogen) atoms. The van der Waals surface area contributed by atoms with Gasteiger partial charge in [0, 0.05) is 18.3 Å². The van der Waals surface area contributed by atoms with Gasteiger partial charge in [-0.2, -0.15) is 0 Å². The number of carboxylic acid groups (broad SMARTS) is 1. The van der Waals surface area contributed by atoms with E-state index in [2.05, 4.69) is 10.2 Å². The number of carbonyl (C=O) groups is 2. The van der Waals surface area contributed by atoms with Crippen molar-refractivity contribution < 1.29 is 24.2 Å². The van der Waals surface area contributed by atoms with Crippen LogP contribution < -0.4 is 19.7 Å². The van der Waals surface area contributed by atoms with Gasteiger partial charge in [-0.05, 0) is 80.8 Å². The van der Waals surface area contributed by atoms with Gasteiger partial charge in [-0.3, -0.25) is 9.59 Å². The van der Waals surface area contributed by atoms with Crippen molar-refractivity contribution in [2.24, 2.45) is 0 Å². The highest BCUT2D eigenvalue weighted by Crippen LogP contribution is 2.33. The smallest absolute Gasteiger partial charge is 0.313 e. The number of fused-ring (bicyclic) bond motifs is 1. The molecule has 7 heteroatoms. The van der Waals surface area contributed by atoms with Gasteiger partial charge in [0.15, 0.2) is 0 Å². The van der Waals surface area contributed by atoms with Gasteiger partial charge in [0.1, 0.15) is 24.2 Å². The van der Waals surface area contributed by atoms with Crippen molar-refractivity contribution in [3.05, 3.63) is 82.9 Å². The van der Waals surface area contributed by atoms with Crippen molar-refractivity contribution in [2.45, 2.75) is 39.2 Å². The van der Waals surface area contributed by atoms with E-state index in [0.717, 1.165) is 22.6 Å². The minimum atomic E-state index is -1.06. The number of hydrogen-bond acceptors (Lipinski definition) is 5. The lowest BCUT2D eigenvalue weighted by Gasteiger charge is -2.33. The molecule has 0 aromatic heterocycles. The maximum Gasteiger partial charge on any atom is 0.313 e. The van der Waals surface area contributed by atoms with Crippen molar-refractivity contribution in [1.82, 2.24) is 0 Å². The van der Waals surface area contributed by atoms with Crippen molar-refractivity contribution in [3.8, 4) is 11.5 Å². The molecule has 0 bridgehead atoms. The maximum atomic E-state index is 13.1. The summed E-state index contributed by atoms with van der Waals surface area (Å²) in [5.41, 5.74) is 3.39. The number of likely N-dealkylation sites (N-methyl/N-ethyl adjacent to an activating group) is 1. The first kappa shape index (κ1) is 25.1. The molecule has 3 aromatic carbocycles. The molecule has 1 atom stereocenters. The first-order valence-electron chi connectivity index (χ1n) is 11.9. The fourth-order valence-corrected chi connectivity index (χ4v) is 4.27. The largest absolute Gasteiger partial charge is 0.489 e. The van der Waals surface area contributed by atoms with Crippen LogP contribution in [0.4, 0.5) is 11.4 Å². The Bertz CT molecular complexity index is 1300. The Balaban J connectivity index is 1.44. The number of benzene rings is 3. The average Bonchev–Trinajstić information content (AvgIpc) is 2.85. The van der Waals surface area contributed by atoms with Gasteiger partial charge in [0.25, 0.3) is 5.91 Å². The number of carbonyl (C=O) groups excluding carboxylic acids is 1. The van der Waals surface area contributed by atoms with E-state index in [1.807, 2.05) is 51.2 Å². The number of amides is 1. The van der Waals surface area contributed by atoms with Crippen LogP contribution in [0.2, 0.25) is 0 Å². The summed E-state index contributed by atoms with van der Waals surface area (Å²) in [7, 11) is 2.04. The van der Waals surface area contributed by atoms with Gasteiger partial charge in [0.05, 0.1) is 17.6 Å². The number of hydrogen-bond donors (Lipinski definition) is 2. The highest BCUT2D eigenvalue weighted by molar-refractivity contribution is 6.05. The van der Waals surface area contributed by atoms with E-state index >= 15 is 0 Å². The SMILES string of the molecule is Cc1c(OC[C@@H]2CN(C)c3ccccc3O2)ccc(C(=O)Nc2cccc(C(C)(C)C(=O)O)c2)c1C. The van der Waals surface area contributed by atoms with Crippen LogP contribution in [0.15, 0.2) is 60.7 Å². The highest BCUT2D eigenvalue weighted by atomic mass is 16.5. The molecule has 3 aromatic rings. The Hall–Kier alpha value is -4.00. The predicted molar refractivity (Wildman–Crippen MR) is 141 cm³/mol. The number of nitrogens with one attached hydrogen (secondary N) is 1. The molecule has 2 N–H and O–H groups in total. The lowest BCUT2D eigenvalue weighted by molar-refractivity contribution is -0.142. The monoisotopic (exact) mass is 488 g/mol. The molecule has 1 heterocycles. The molecular weight excluding hydrogens is 456 g/mol. The molecule has 0 saturated carbocycles. The number of ether oxygens (including phenoxy) is 2. The van der Waals surface area contributed by atoms with Crippen LogP contribution in [0.5, 0.6) is 11.5 Å². The molecule has 0 unspecified atom stereocenters. The van der Waals surface area contributed by atoms with E-state index in [-0.39, 0.29) is 12.0 Å². The van der Waals surface area contributed by atoms with Crippen molar-refractivity contribution in [1.29, 1.82) is 0 Å². The Morgan fingerprint density at radius 1 is 1.08 bits per heavy atom. The summed E-state index contributed by atoms with van der Waals surface area (Å²) in [5.74, 6) is 0.360. The molecule has 188 valence electrons. The Labute approximate surface area is 211 Å². The third kappa shape index (κ3) is 5.00. The zero-order valence-corrected chi connectivity index (χ0v) is 21.3. The minimum Gasteiger partial charge on any atom is -0.489 e. The molecule has 0 aliphatic carbocycles. The molecule has 1 amide bonds. The molecule has 4 rings (SSSR count). The highest BCUT2D eigenvalue weighted by Gasteiger charge is 2.29. The van der Waals surface area contributed by atoms with Crippen LogP contribution in [-0.4, -0.2) is 43.3 Å². The van der Waals surface area contributed by atoms with Gasteiger partial charge < -0.3 is 24.8 Å². The van der Waals surface area contributed by atoms with Crippen LogP contribution in [-0.2, 0) is 10.2 Å². The summed E-state index contributed by atoms with van der Waals surface area (Å²) < 4.78 is 12.2. The third-order valence-corrected chi connectivity index (χ3v) is 6.83. The average molecular weight is 489 g/mol. The van der Waals surface area contributed by atoms with Gasteiger partial charge in [-0.1, -0.05) is 24.3 Å². The van der Waals surface area contributed by atoms with Crippen LogP contribution in [0.3, 0.4) is 0 Å². The molecule has 0 saturated heterocycles. The van der Waals surface area contributed by atoms with E-state index in [1.165, 1.54) is 0 Å². The molecular formula is C29H32N2O5. The molecule has 0 radical (unpaired) electrons. The Kier molecular flexibility index (Phi) is 6.93. The molecule has 0 fully saturated rings. The summed E-state index contributed by atoms with van der Waals surface area (Å²) in [5, 5.41) is 12.4. The summed E-state index contributed by atoms with van der Waals surface area (Å²) >= 11 is 0. The third-order valence-electron chi connectivity index (χ3n) is 6.83. The van der Waals surface area contributed by atoms with Crippen LogP contribution >= 0.6 is 0 Å². The van der Waals surface area contributed by atoms with Crippen molar-refractivity contribution in [2.75, 3.05) is 30.4 Å². The second kappa shape index (κ2) is 9.93. The topological polar surface area (TPSA) is 88.1 Å². The summed E-state index contributed by atoms with van der Waals surface area (Å²) in [6.07, 6.45) is -0.116. The number of carboxylic acids is 1. The zero-order chi connectivity index (χ0) is 26.0. The van der Waals surface area contributed by atoms with E-state index in [1.54, 1.807) is 44.2 Å². The van der Waals surface area contributed by atoms with Gasteiger partial charge >= 0.3 is 5.97 Å². The first-order valence-corrected chi connectivity index (χ1v) is 11.9. The fraction of sp³-hybridized carbons (Fsp3) is 0.310. The van der Waals surface area contributed by atoms with E-state index < -0.39 is 11.4 Å². The van der Waals surface area contributed by atoms with Crippen molar-refractivity contribution in [3.63, 3.8) is 0 Å². The normalized spacial score (nSPS) is 15.0. The fourth-order valence-electron chi connectivity index (χ4n) is 4.27. The van der Waals surface area contributed by atoms with Crippen LogP contribution in [0.25, 0.3) is 0 Å². The Morgan fingerprint density at radius 2 is 1.83 bits per heavy atom. The van der Waals surface area contributed by atoms with Gasteiger partial charge in [0.2, 0.25) is 0 Å². The zero-order valence-electron chi connectivity index (χ0n) is 21.3. The summed E-state index contributed by atoms with van der Waals surface area (Å²) in [6.45, 7) is 8.20. The van der Waals surface area contributed by atoms with Crippen LogP contribution in [0, 0.1) is 13.8 Å². The minimum absolute atomic E-state index is 0.116. The van der Waals surface area contributed by atoms with E-state index in [9.17, 15) is 14.7 Å². The van der Waals surface area contributed by atoms with E-state index in [0.29, 0.717) is 35.7 Å². The number of rotatable bonds is 7. The number of para-hydroxylation sites is 2. The molecule has 7 nitrogen and oxygen atoms in total. The standard InChI is InChI=1S/C29H32N2O5/c1-18-19(2)25(35-17-22-16-31(5)24-11-6-7-12-26(24)36-22)14-13-23(18)27(32)30-21-10-8-9-20(15-21)29(3,4)28(33)34/h6-15,22H,16-17H2,1-5H3,(H,30,32)(H,33,34)/t22-/m0/s1. The van der Waals surface area contributed by atoms with E-state index in [4.69, 9.17) is 9.47 Å². The lowest BCUT2D eigenvalue weighted by atomic mass is 9.84. The maximum absolute atomic E-state index is 13.1. The Morgan fingerprint density at radius 3 is 2.58 bits per heavy atom. The molecule has 1 aliphatic heterocycles. The van der Waals surface area contributed by atoms with Crippen molar-refractivity contribution >= 4 is 23.3 Å². The van der Waals surface area contributed by atoms with Crippen LogP contribution in [0.1, 0.15) is 40.9 Å². The second-order valence-corrected chi connectivity index (χ2v) is 9.73. The van der Waals surface area contributed by atoms with Gasteiger partial charge in [-0.25, -0.2) is 0 Å². The number of anilines is 2.